The van der Waals surface area contributed by atoms with Gasteiger partial charge in [-0.1, -0.05) is 12.1 Å². The van der Waals surface area contributed by atoms with Gasteiger partial charge in [-0.15, -0.1) is 0 Å². The molecule has 0 saturated heterocycles. The van der Waals surface area contributed by atoms with Gasteiger partial charge in [-0.05, 0) is 23.8 Å². The fraction of sp³-hybridized carbons (Fsp3) is 0.120. The van der Waals surface area contributed by atoms with Crippen LogP contribution in [0.25, 0.3) is 22.0 Å². The Labute approximate surface area is 234 Å². The van der Waals surface area contributed by atoms with E-state index in [0.717, 1.165) is 12.3 Å². The summed E-state index contributed by atoms with van der Waals surface area (Å²) < 4.78 is 73.4. The average Bonchev–Trinajstić information content (AvgIpc) is 3.50. The van der Waals surface area contributed by atoms with Gasteiger partial charge < -0.3 is 9.88 Å². The van der Waals surface area contributed by atoms with Crippen molar-refractivity contribution in [1.29, 1.82) is 0 Å². The molecule has 0 aliphatic rings. The summed E-state index contributed by atoms with van der Waals surface area (Å²) in [6.07, 6.45) is 7.00. The van der Waals surface area contributed by atoms with E-state index in [1.807, 2.05) is 22.9 Å². The number of hydrogen-bond acceptors (Lipinski definition) is 6. The number of carbonyl (C=O) groups excluding carboxylic acids is 1. The highest BCUT2D eigenvalue weighted by Gasteiger charge is 2.25. The smallest absolute Gasteiger partial charge is 0.253 e. The number of nitrogens with one attached hydrogen (secondary N) is 1. The van der Waals surface area contributed by atoms with E-state index >= 15 is 4.39 Å². The zero-order chi connectivity index (χ0) is 27.7. The Morgan fingerprint density at radius 3 is 2.49 bits per heavy atom. The fourth-order valence-electron chi connectivity index (χ4n) is 4.10. The summed E-state index contributed by atoms with van der Waals surface area (Å²) in [5.74, 6) is -3.67. The third kappa shape index (κ3) is 5.66. The Bertz CT molecular complexity index is 1810. The molecule has 200 valence electrons. The summed E-state index contributed by atoms with van der Waals surface area (Å²) in [4.78, 5) is 11.8. The predicted octanol–water partition coefficient (Wildman–Crippen LogP) is 4.16. The molecule has 0 atom stereocenters. The van der Waals surface area contributed by atoms with Crippen LogP contribution in [0.2, 0.25) is 0 Å². The third-order valence-electron chi connectivity index (χ3n) is 5.98. The van der Waals surface area contributed by atoms with Crippen molar-refractivity contribution < 1.29 is 26.4 Å². The van der Waals surface area contributed by atoms with Crippen LogP contribution >= 0.6 is 22.9 Å². The van der Waals surface area contributed by atoms with Crippen molar-refractivity contribution >= 4 is 49.5 Å². The van der Waals surface area contributed by atoms with Gasteiger partial charge in [-0.2, -0.15) is 15.3 Å². The second-order valence-corrected chi connectivity index (χ2v) is 11.6. The first kappa shape index (κ1) is 26.8. The van der Waals surface area contributed by atoms with E-state index in [2.05, 4.69) is 20.6 Å². The molecule has 5 rings (SSSR count). The van der Waals surface area contributed by atoms with Crippen LogP contribution in [0.1, 0.15) is 15.9 Å². The highest BCUT2D eigenvalue weighted by atomic mass is 127. The first-order valence-electron chi connectivity index (χ1n) is 11.4. The van der Waals surface area contributed by atoms with Crippen molar-refractivity contribution in [2.75, 3.05) is 12.3 Å². The second-order valence-electron chi connectivity index (χ2n) is 8.53. The molecule has 39 heavy (non-hydrogen) atoms. The Hall–Kier alpha value is -3.79. The molecule has 0 aliphatic carbocycles. The first-order valence-corrected chi connectivity index (χ1v) is 14.0. The molecule has 9 nitrogen and oxygen atoms in total. The normalized spacial score (nSPS) is 11.7. The van der Waals surface area contributed by atoms with E-state index in [1.54, 1.807) is 21.4 Å². The lowest BCUT2D eigenvalue weighted by atomic mass is 10.1. The van der Waals surface area contributed by atoms with E-state index in [-0.39, 0.29) is 40.0 Å². The van der Waals surface area contributed by atoms with E-state index in [4.69, 9.17) is 0 Å². The number of amides is 1. The lowest BCUT2D eigenvalue weighted by molar-refractivity contribution is 0.0955. The largest absolute Gasteiger partial charge is 0.351 e. The van der Waals surface area contributed by atoms with Crippen LogP contribution in [-0.4, -0.2) is 49.4 Å². The average molecular weight is 666 g/mol. The maximum absolute atomic E-state index is 15.1. The Morgan fingerprint density at radius 1 is 0.974 bits per heavy atom. The van der Waals surface area contributed by atoms with E-state index in [9.17, 15) is 22.0 Å². The van der Waals surface area contributed by atoms with Crippen LogP contribution in [0, 0.1) is 17.5 Å². The van der Waals surface area contributed by atoms with Crippen LogP contribution in [0.15, 0.2) is 72.3 Å². The number of nitrogens with zero attached hydrogens (tertiary/aromatic N) is 5. The molecule has 0 radical (unpaired) electrons. The maximum atomic E-state index is 15.1. The summed E-state index contributed by atoms with van der Waals surface area (Å²) in [5.41, 5.74) is 1.61. The minimum Gasteiger partial charge on any atom is -0.351 e. The highest BCUT2D eigenvalue weighted by molar-refractivity contribution is 14.1. The molecule has 3 heterocycles. The summed E-state index contributed by atoms with van der Waals surface area (Å²) in [6.45, 7) is -0.457. The number of aromatic nitrogens is 5. The van der Waals surface area contributed by atoms with Gasteiger partial charge in [0.25, 0.3) is 5.91 Å². The molecule has 0 aliphatic heterocycles. The van der Waals surface area contributed by atoms with Crippen molar-refractivity contribution in [3.8, 4) is 11.1 Å². The second kappa shape index (κ2) is 10.8. The topological polar surface area (TPSA) is 112 Å². The number of benzene rings is 2. The molecule has 2 aromatic carbocycles. The lowest BCUT2D eigenvalue weighted by Crippen LogP contribution is -2.29. The maximum Gasteiger partial charge on any atom is 0.253 e. The van der Waals surface area contributed by atoms with Crippen molar-refractivity contribution in [2.24, 2.45) is 0 Å². The molecule has 0 unspecified atom stereocenters. The first-order chi connectivity index (χ1) is 18.6. The fourth-order valence-corrected chi connectivity index (χ4v) is 5.91. The van der Waals surface area contributed by atoms with E-state index in [0.29, 0.717) is 17.2 Å². The molecular weight excluding hydrogens is 648 g/mol. The van der Waals surface area contributed by atoms with Gasteiger partial charge in [-0.3, -0.25) is 4.79 Å². The minimum atomic E-state index is -4.15. The van der Waals surface area contributed by atoms with Crippen LogP contribution in [0.4, 0.5) is 13.2 Å². The number of hydrogen-bond donors (Lipinski definition) is 1. The summed E-state index contributed by atoms with van der Waals surface area (Å²) in [5, 5.41) is 13.4. The van der Waals surface area contributed by atoms with Crippen LogP contribution in [0.5, 0.6) is 0 Å². The highest BCUT2D eigenvalue weighted by Crippen LogP contribution is 2.31. The van der Waals surface area contributed by atoms with E-state index < -0.39 is 38.9 Å². The molecule has 1 N–H and O–H groups in total. The number of carbonyl (C=O) groups is 1. The summed E-state index contributed by atoms with van der Waals surface area (Å²) in [7, 11) is -4.15. The van der Waals surface area contributed by atoms with Gasteiger partial charge in [0.2, 0.25) is 0 Å². The molecule has 14 heteroatoms. The SMILES string of the molecule is O=C(NCCS(=O)(=O)c1cn(Cc2ccc(-c3cnn(I)c3)cc2F)c2cc(F)cc(F)c12)c1ccnnc1. The Morgan fingerprint density at radius 2 is 1.79 bits per heavy atom. The zero-order valence-electron chi connectivity index (χ0n) is 19.9. The van der Waals surface area contributed by atoms with Gasteiger partial charge in [0.1, 0.15) is 17.5 Å². The number of sulfone groups is 1. The van der Waals surface area contributed by atoms with Gasteiger partial charge in [-0.25, -0.2) is 24.5 Å². The van der Waals surface area contributed by atoms with Gasteiger partial charge in [0.15, 0.2) is 9.84 Å². The van der Waals surface area contributed by atoms with Crippen molar-refractivity contribution in [3.63, 3.8) is 0 Å². The quantitative estimate of drug-likeness (QED) is 0.249. The summed E-state index contributed by atoms with van der Waals surface area (Å²) in [6, 6.07) is 7.51. The Balaban J connectivity index is 1.44. The minimum absolute atomic E-state index is 0.0485. The standard InChI is InChI=1S/C25H18F3IN6O3S/c26-19-8-21(28)24-22(9-19)34(12-17-2-1-15(7-20(17)27)18-11-33-35(29)13-18)14-23(24)39(37,38)6-5-30-25(36)16-3-4-31-32-10-16/h1-4,7-11,13-14H,5-6,12H2,(H,30,36). The molecule has 0 fully saturated rings. The van der Waals surface area contributed by atoms with Crippen LogP contribution in [0.3, 0.4) is 0 Å². The van der Waals surface area contributed by atoms with Crippen molar-refractivity contribution in [1.82, 2.24) is 28.1 Å². The monoisotopic (exact) mass is 666 g/mol. The molecule has 1 amide bonds. The van der Waals surface area contributed by atoms with Crippen molar-refractivity contribution in [2.45, 2.75) is 11.4 Å². The lowest BCUT2D eigenvalue weighted by Gasteiger charge is -2.08. The van der Waals surface area contributed by atoms with Crippen LogP contribution in [-0.2, 0) is 16.4 Å². The molecule has 0 bridgehead atoms. The Kier molecular flexibility index (Phi) is 7.40. The van der Waals surface area contributed by atoms with Gasteiger partial charge >= 0.3 is 0 Å². The number of rotatable bonds is 8. The summed E-state index contributed by atoms with van der Waals surface area (Å²) >= 11 is 1.97. The third-order valence-corrected chi connectivity index (χ3v) is 8.23. The van der Waals surface area contributed by atoms with E-state index in [1.165, 1.54) is 35.2 Å². The molecule has 0 spiro atoms. The van der Waals surface area contributed by atoms with Crippen molar-refractivity contribution in [3.05, 3.63) is 96.0 Å². The van der Waals surface area contributed by atoms with Gasteiger partial charge in [0.05, 0.1) is 75.1 Å². The number of fused-ring (bicyclic) bond motifs is 1. The predicted molar refractivity (Wildman–Crippen MR) is 144 cm³/mol. The number of halogens is 4. The molecule has 3 aromatic heterocycles. The van der Waals surface area contributed by atoms with Gasteiger partial charge in [0, 0.05) is 36.1 Å². The molecule has 0 saturated carbocycles. The molecule has 5 aromatic rings. The zero-order valence-corrected chi connectivity index (χ0v) is 22.8. The van der Waals surface area contributed by atoms with Crippen LogP contribution < -0.4 is 5.32 Å². The molecular formula is C25H18F3IN6O3S.